The molecule has 0 aromatic heterocycles. The molecule has 3 heteroatoms. The van der Waals surface area contributed by atoms with Crippen molar-refractivity contribution in [1.82, 2.24) is 0 Å². The first-order valence-electron chi connectivity index (χ1n) is 9.30. The average Bonchev–Trinajstić information content (AvgIpc) is 3.01. The van der Waals surface area contributed by atoms with Crippen molar-refractivity contribution in [2.45, 2.75) is 83.8 Å². The van der Waals surface area contributed by atoms with Gasteiger partial charge in [0, 0.05) is 5.41 Å². The lowest BCUT2D eigenvalue weighted by molar-refractivity contribution is -0.191. The van der Waals surface area contributed by atoms with Crippen molar-refractivity contribution in [1.29, 1.82) is 0 Å². The van der Waals surface area contributed by atoms with Crippen LogP contribution in [0.4, 0.5) is 0 Å². The van der Waals surface area contributed by atoms with E-state index in [2.05, 4.69) is 33.8 Å². The first-order chi connectivity index (χ1) is 10.7. The maximum absolute atomic E-state index is 11.7. The van der Waals surface area contributed by atoms with Gasteiger partial charge in [-0.3, -0.25) is 4.79 Å². The van der Waals surface area contributed by atoms with Crippen molar-refractivity contribution in [3.63, 3.8) is 0 Å². The van der Waals surface area contributed by atoms with Gasteiger partial charge in [0.15, 0.2) is 0 Å². The molecule has 0 bridgehead atoms. The zero-order chi connectivity index (χ0) is 16.5. The average molecular weight is 318 g/mol. The third kappa shape index (κ3) is 1.95. The molecule has 0 aromatic carbocycles. The molecule has 4 atom stereocenters. The normalized spacial score (nSPS) is 48.4. The van der Waals surface area contributed by atoms with Crippen LogP contribution in [0.15, 0.2) is 11.6 Å². The van der Waals surface area contributed by atoms with E-state index in [-0.39, 0.29) is 28.0 Å². The molecule has 4 unspecified atom stereocenters. The lowest BCUT2D eigenvalue weighted by atomic mass is 9.49. The van der Waals surface area contributed by atoms with E-state index in [1.54, 1.807) is 5.57 Å². The number of allylic oxidation sites excluding steroid dienone is 1. The van der Waals surface area contributed by atoms with Crippen molar-refractivity contribution in [2.24, 2.45) is 16.7 Å². The monoisotopic (exact) mass is 318 g/mol. The summed E-state index contributed by atoms with van der Waals surface area (Å²) in [6.45, 7) is 10.0. The molecule has 1 saturated carbocycles. The summed E-state index contributed by atoms with van der Waals surface area (Å²) in [5.74, 6) is 0.413. The number of rotatable bonds is 0. The van der Waals surface area contributed by atoms with E-state index in [4.69, 9.17) is 9.47 Å². The van der Waals surface area contributed by atoms with Crippen LogP contribution < -0.4 is 0 Å². The van der Waals surface area contributed by atoms with Gasteiger partial charge in [0.25, 0.3) is 0 Å². The fourth-order valence-corrected chi connectivity index (χ4v) is 6.31. The van der Waals surface area contributed by atoms with Gasteiger partial charge in [0.1, 0.15) is 12.2 Å². The summed E-state index contributed by atoms with van der Waals surface area (Å²) in [6, 6.07) is 0. The second kappa shape index (κ2) is 4.62. The van der Waals surface area contributed by atoms with Gasteiger partial charge in [-0.15, -0.1) is 0 Å². The molecule has 2 aliphatic carbocycles. The number of carbonyl (C=O) groups excluding carboxylic acids is 1. The number of hydrogen-bond donors (Lipinski definition) is 0. The van der Waals surface area contributed by atoms with E-state index >= 15 is 0 Å². The van der Waals surface area contributed by atoms with Crippen LogP contribution in [0.1, 0.15) is 72.6 Å². The molecule has 2 heterocycles. The number of cyclic esters (lactones) is 1. The summed E-state index contributed by atoms with van der Waals surface area (Å²) in [4.78, 5) is 11.7. The molecule has 23 heavy (non-hydrogen) atoms. The Kier molecular flexibility index (Phi) is 3.15. The first kappa shape index (κ1) is 15.7. The fourth-order valence-electron chi connectivity index (χ4n) is 6.31. The highest BCUT2D eigenvalue weighted by molar-refractivity contribution is 5.73. The van der Waals surface area contributed by atoms with Crippen molar-refractivity contribution >= 4 is 5.97 Å². The highest BCUT2D eigenvalue weighted by Crippen LogP contribution is 2.66. The van der Waals surface area contributed by atoms with Gasteiger partial charge in [0.2, 0.25) is 0 Å². The lowest BCUT2D eigenvalue weighted by Crippen LogP contribution is -2.58. The molecule has 3 nitrogen and oxygen atoms in total. The van der Waals surface area contributed by atoms with Gasteiger partial charge >= 0.3 is 5.97 Å². The molecule has 0 radical (unpaired) electrons. The molecule has 0 N–H and O–H groups in total. The molecule has 0 aromatic rings. The van der Waals surface area contributed by atoms with E-state index in [1.165, 1.54) is 19.3 Å². The second-order valence-corrected chi connectivity index (χ2v) is 9.34. The number of hydrogen-bond acceptors (Lipinski definition) is 3. The summed E-state index contributed by atoms with van der Waals surface area (Å²) >= 11 is 0. The third-order valence-corrected chi connectivity index (χ3v) is 7.52. The molecular weight excluding hydrogens is 288 g/mol. The predicted molar refractivity (Wildman–Crippen MR) is 89.0 cm³/mol. The summed E-state index contributed by atoms with van der Waals surface area (Å²) < 4.78 is 12.2. The van der Waals surface area contributed by atoms with Crippen molar-refractivity contribution in [2.75, 3.05) is 6.61 Å². The number of esters is 1. The molecule has 2 saturated heterocycles. The molecule has 128 valence electrons. The fraction of sp³-hybridized carbons (Fsp3) is 0.850. The summed E-state index contributed by atoms with van der Waals surface area (Å²) in [6.07, 6.45) is 9.82. The summed E-state index contributed by atoms with van der Waals surface area (Å²) in [5, 5.41) is 0. The zero-order valence-electron chi connectivity index (χ0n) is 15.0. The van der Waals surface area contributed by atoms with Crippen LogP contribution in [0.3, 0.4) is 0 Å². The van der Waals surface area contributed by atoms with Crippen molar-refractivity contribution in [3.8, 4) is 0 Å². The molecule has 4 rings (SSSR count). The van der Waals surface area contributed by atoms with Crippen LogP contribution in [-0.2, 0) is 14.3 Å². The quantitative estimate of drug-likeness (QED) is 0.490. The Bertz CT molecular complexity index is 577. The topological polar surface area (TPSA) is 35.5 Å². The second-order valence-electron chi connectivity index (χ2n) is 9.34. The van der Waals surface area contributed by atoms with Gasteiger partial charge in [-0.1, -0.05) is 45.8 Å². The van der Waals surface area contributed by atoms with Crippen LogP contribution in [0.25, 0.3) is 0 Å². The smallest absolute Gasteiger partial charge is 0.308 e. The first-order valence-corrected chi connectivity index (χ1v) is 9.30. The maximum Gasteiger partial charge on any atom is 0.308 e. The van der Waals surface area contributed by atoms with Crippen LogP contribution in [-0.4, -0.2) is 23.8 Å². The SMILES string of the molecule is CC1CC=C2C(C)(C)CCCC2(C)C12CCC1(COC(=O)C1)O2. The number of ether oxygens (including phenoxy) is 2. The standard InChI is InChI=1S/C20H30O3/c1-14-6-7-15-17(2,3)8-5-9-18(15,4)20(14)11-10-19(23-20)12-16(21)22-13-19/h7,14H,5-6,8-13H2,1-4H3. The van der Waals surface area contributed by atoms with Crippen molar-refractivity contribution in [3.05, 3.63) is 11.6 Å². The van der Waals surface area contributed by atoms with Crippen LogP contribution in [0, 0.1) is 16.7 Å². The van der Waals surface area contributed by atoms with E-state index < -0.39 is 0 Å². The van der Waals surface area contributed by atoms with Gasteiger partial charge in [-0.25, -0.2) is 0 Å². The molecule has 3 fully saturated rings. The Morgan fingerprint density at radius 1 is 1.13 bits per heavy atom. The number of carbonyl (C=O) groups is 1. The van der Waals surface area contributed by atoms with E-state index in [1.807, 2.05) is 0 Å². The highest BCUT2D eigenvalue weighted by Gasteiger charge is 2.66. The van der Waals surface area contributed by atoms with Crippen LogP contribution in [0.5, 0.6) is 0 Å². The zero-order valence-corrected chi connectivity index (χ0v) is 15.0. The van der Waals surface area contributed by atoms with Crippen molar-refractivity contribution < 1.29 is 14.3 Å². The van der Waals surface area contributed by atoms with Gasteiger partial charge in [0.05, 0.1) is 12.0 Å². The Hall–Kier alpha value is -0.830. The molecule has 2 spiro atoms. The van der Waals surface area contributed by atoms with Gasteiger partial charge in [-0.05, 0) is 43.4 Å². The Balaban J connectivity index is 1.76. The minimum absolute atomic E-state index is 0.0876. The van der Waals surface area contributed by atoms with E-state index in [0.717, 1.165) is 19.3 Å². The summed E-state index contributed by atoms with van der Waals surface area (Å²) in [7, 11) is 0. The van der Waals surface area contributed by atoms with E-state index in [9.17, 15) is 4.79 Å². The summed E-state index contributed by atoms with van der Waals surface area (Å²) in [5.41, 5.74) is 1.50. The molecule has 4 aliphatic rings. The third-order valence-electron chi connectivity index (χ3n) is 7.52. The Labute approximate surface area is 139 Å². The predicted octanol–water partition coefficient (Wildman–Crippen LogP) is 4.40. The molecular formula is C20H30O3. The Morgan fingerprint density at radius 3 is 2.61 bits per heavy atom. The van der Waals surface area contributed by atoms with E-state index in [0.29, 0.717) is 18.9 Å². The molecule has 2 aliphatic heterocycles. The molecule has 0 amide bonds. The van der Waals surface area contributed by atoms with Crippen LogP contribution in [0.2, 0.25) is 0 Å². The lowest BCUT2D eigenvalue weighted by Gasteiger charge is -2.59. The largest absolute Gasteiger partial charge is 0.463 e. The van der Waals surface area contributed by atoms with Gasteiger partial charge < -0.3 is 9.47 Å². The highest BCUT2D eigenvalue weighted by atomic mass is 16.6. The Morgan fingerprint density at radius 2 is 1.91 bits per heavy atom. The maximum atomic E-state index is 11.7. The minimum atomic E-state index is -0.349. The minimum Gasteiger partial charge on any atom is -0.463 e. The van der Waals surface area contributed by atoms with Crippen LogP contribution >= 0.6 is 0 Å². The number of fused-ring (bicyclic) bond motifs is 2. The van der Waals surface area contributed by atoms with Gasteiger partial charge in [-0.2, -0.15) is 0 Å².